The normalized spacial score (nSPS) is 11.2. The van der Waals surface area contributed by atoms with E-state index >= 15 is 0 Å². The lowest BCUT2D eigenvalue weighted by Gasteiger charge is -2.29. The van der Waals surface area contributed by atoms with E-state index in [1.165, 1.54) is 31.8 Å². The number of nitrogens with zero attached hydrogens (tertiary/aromatic N) is 1. The molecule has 0 heterocycles. The number of rotatable bonds is 9. The van der Waals surface area contributed by atoms with Gasteiger partial charge in [0.25, 0.3) is 0 Å². The molecule has 0 unspecified atom stereocenters. The van der Waals surface area contributed by atoms with Crippen LogP contribution in [0.4, 0.5) is 0 Å². The second-order valence-electron chi connectivity index (χ2n) is 4.82. The predicted molar refractivity (Wildman–Crippen MR) is 67.1 cm³/mol. The molecule has 3 heteroatoms. The predicted octanol–water partition coefficient (Wildman–Crippen LogP) is 2.37. The highest BCUT2D eigenvalue weighted by Crippen LogP contribution is 2.05. The smallest absolute Gasteiger partial charge is 0.330 e. The van der Waals surface area contributed by atoms with Crippen molar-refractivity contribution in [2.24, 2.45) is 0 Å². The molecule has 0 aromatic heterocycles. The van der Waals surface area contributed by atoms with Crippen LogP contribution in [-0.2, 0) is 9.53 Å². The van der Waals surface area contributed by atoms with Gasteiger partial charge in [-0.3, -0.25) is 0 Å². The molecule has 0 radical (unpaired) electrons. The zero-order chi connectivity index (χ0) is 12.4. The highest BCUT2D eigenvalue weighted by atomic mass is 16.5. The highest BCUT2D eigenvalue weighted by molar-refractivity contribution is 5.81. The van der Waals surface area contributed by atoms with Gasteiger partial charge in [0.05, 0.1) is 20.6 Å². The fourth-order valence-electron chi connectivity index (χ4n) is 1.53. The monoisotopic (exact) mass is 228 g/mol. The quantitative estimate of drug-likeness (QED) is 0.262. The Kier molecular flexibility index (Phi) is 7.90. The number of hydrogen-bond donors (Lipinski definition) is 0. The van der Waals surface area contributed by atoms with Crippen molar-refractivity contribution in [1.82, 2.24) is 0 Å². The summed E-state index contributed by atoms with van der Waals surface area (Å²) >= 11 is 0. The Labute approximate surface area is 99.7 Å². The van der Waals surface area contributed by atoms with Gasteiger partial charge >= 0.3 is 5.97 Å². The van der Waals surface area contributed by atoms with Gasteiger partial charge in [-0.1, -0.05) is 26.3 Å². The minimum absolute atomic E-state index is 0.328. The van der Waals surface area contributed by atoms with Gasteiger partial charge in [-0.05, 0) is 12.8 Å². The molecule has 16 heavy (non-hydrogen) atoms. The lowest BCUT2D eigenvalue weighted by Crippen LogP contribution is -2.43. The number of ether oxygens (including phenoxy) is 1. The van der Waals surface area contributed by atoms with Gasteiger partial charge in [-0.2, -0.15) is 0 Å². The van der Waals surface area contributed by atoms with Crippen LogP contribution in [0.25, 0.3) is 0 Å². The number of hydrogen-bond acceptors (Lipinski definition) is 2. The van der Waals surface area contributed by atoms with E-state index in [4.69, 9.17) is 4.74 Å². The van der Waals surface area contributed by atoms with Crippen molar-refractivity contribution in [3.63, 3.8) is 0 Å². The van der Waals surface area contributed by atoms with Crippen molar-refractivity contribution in [1.29, 1.82) is 0 Å². The number of quaternary nitrogens is 1. The van der Waals surface area contributed by atoms with E-state index in [2.05, 4.69) is 27.6 Å². The number of likely N-dealkylation sites (N-methyl/N-ethyl adjacent to an activating group) is 1. The van der Waals surface area contributed by atoms with E-state index < -0.39 is 0 Å². The molecule has 0 aliphatic rings. The highest BCUT2D eigenvalue weighted by Gasteiger charge is 2.14. The van der Waals surface area contributed by atoms with Crippen LogP contribution in [0.3, 0.4) is 0 Å². The van der Waals surface area contributed by atoms with Crippen LogP contribution >= 0.6 is 0 Å². The summed E-state index contributed by atoms with van der Waals surface area (Å²) in [4.78, 5) is 10.8. The van der Waals surface area contributed by atoms with Crippen LogP contribution in [0.5, 0.6) is 0 Å². The average molecular weight is 228 g/mol. The molecule has 0 aliphatic carbocycles. The Balaban J connectivity index is 3.61. The Morgan fingerprint density at radius 2 is 1.94 bits per heavy atom. The molecule has 0 bridgehead atoms. The van der Waals surface area contributed by atoms with Gasteiger partial charge in [-0.15, -0.1) is 0 Å². The molecule has 0 aromatic rings. The zero-order valence-electron chi connectivity index (χ0n) is 11.0. The first-order valence-corrected chi connectivity index (χ1v) is 6.13. The van der Waals surface area contributed by atoms with Gasteiger partial charge in [0.15, 0.2) is 0 Å². The molecule has 94 valence electrons. The SMILES string of the molecule is C=CC(=O)OCC[N+](C)(C)CCCCCC. The lowest BCUT2D eigenvalue weighted by atomic mass is 10.2. The van der Waals surface area contributed by atoms with Gasteiger partial charge in [-0.25, -0.2) is 4.79 Å². The van der Waals surface area contributed by atoms with E-state index in [0.717, 1.165) is 17.6 Å². The Morgan fingerprint density at radius 1 is 1.25 bits per heavy atom. The Bertz CT molecular complexity index is 212. The summed E-state index contributed by atoms with van der Waals surface area (Å²) in [7, 11) is 4.35. The maximum Gasteiger partial charge on any atom is 0.330 e. The summed E-state index contributed by atoms with van der Waals surface area (Å²) in [6, 6.07) is 0. The Hall–Kier alpha value is -0.830. The number of carbonyl (C=O) groups is 1. The lowest BCUT2D eigenvalue weighted by molar-refractivity contribution is -0.890. The van der Waals surface area contributed by atoms with Crippen LogP contribution in [0.1, 0.15) is 32.6 Å². The molecule has 0 saturated carbocycles. The molecular formula is C13H26NO2+. The third-order valence-corrected chi connectivity index (χ3v) is 2.72. The largest absolute Gasteiger partial charge is 0.457 e. The molecule has 0 atom stereocenters. The molecule has 3 nitrogen and oxygen atoms in total. The summed E-state index contributed by atoms with van der Waals surface area (Å²) in [6.07, 6.45) is 6.33. The van der Waals surface area contributed by atoms with E-state index in [-0.39, 0.29) is 5.97 Å². The van der Waals surface area contributed by atoms with Gasteiger partial charge in [0.2, 0.25) is 0 Å². The molecule has 0 rings (SSSR count). The first-order chi connectivity index (χ1) is 7.52. The van der Waals surface area contributed by atoms with Crippen molar-refractivity contribution in [2.45, 2.75) is 32.6 Å². The van der Waals surface area contributed by atoms with Crippen LogP contribution in [0.15, 0.2) is 12.7 Å². The molecule has 0 fully saturated rings. The Morgan fingerprint density at radius 3 is 2.50 bits per heavy atom. The first-order valence-electron chi connectivity index (χ1n) is 6.13. The number of esters is 1. The molecule has 0 spiro atoms. The van der Waals surface area contributed by atoms with Crippen molar-refractivity contribution in [2.75, 3.05) is 33.8 Å². The minimum Gasteiger partial charge on any atom is -0.457 e. The summed E-state index contributed by atoms with van der Waals surface area (Å²) in [5.41, 5.74) is 0. The van der Waals surface area contributed by atoms with Crippen LogP contribution in [0.2, 0.25) is 0 Å². The summed E-state index contributed by atoms with van der Waals surface area (Å²) in [5, 5.41) is 0. The zero-order valence-corrected chi connectivity index (χ0v) is 11.0. The van der Waals surface area contributed by atoms with Crippen molar-refractivity contribution in [3.05, 3.63) is 12.7 Å². The van der Waals surface area contributed by atoms with Gasteiger partial charge in [0, 0.05) is 6.08 Å². The van der Waals surface area contributed by atoms with Crippen LogP contribution in [0, 0.1) is 0 Å². The van der Waals surface area contributed by atoms with Gasteiger partial charge in [0.1, 0.15) is 13.2 Å². The van der Waals surface area contributed by atoms with E-state index in [9.17, 15) is 4.79 Å². The average Bonchev–Trinajstić information content (AvgIpc) is 2.24. The fraction of sp³-hybridized carbons (Fsp3) is 0.769. The number of unbranched alkanes of at least 4 members (excludes halogenated alkanes) is 3. The fourth-order valence-corrected chi connectivity index (χ4v) is 1.53. The summed E-state index contributed by atoms with van der Waals surface area (Å²) < 4.78 is 5.89. The molecule has 0 aliphatic heterocycles. The van der Waals surface area contributed by atoms with Crippen LogP contribution < -0.4 is 0 Å². The topological polar surface area (TPSA) is 26.3 Å². The molecule has 0 amide bonds. The van der Waals surface area contributed by atoms with Crippen molar-refractivity contribution < 1.29 is 14.0 Å². The van der Waals surface area contributed by atoms with E-state index in [1.54, 1.807) is 0 Å². The first kappa shape index (κ1) is 15.2. The van der Waals surface area contributed by atoms with E-state index in [0.29, 0.717) is 6.61 Å². The third-order valence-electron chi connectivity index (χ3n) is 2.72. The molecular weight excluding hydrogens is 202 g/mol. The molecule has 0 N–H and O–H groups in total. The maximum atomic E-state index is 10.8. The second kappa shape index (κ2) is 8.34. The van der Waals surface area contributed by atoms with Crippen molar-refractivity contribution >= 4 is 5.97 Å². The van der Waals surface area contributed by atoms with Crippen molar-refractivity contribution in [3.8, 4) is 0 Å². The number of carbonyl (C=O) groups excluding carboxylic acids is 1. The molecule has 0 saturated heterocycles. The molecule has 0 aromatic carbocycles. The summed E-state index contributed by atoms with van der Waals surface area (Å²) in [6.45, 7) is 8.07. The second-order valence-corrected chi connectivity index (χ2v) is 4.82. The van der Waals surface area contributed by atoms with Gasteiger partial charge < -0.3 is 9.22 Å². The third kappa shape index (κ3) is 8.48. The minimum atomic E-state index is -0.328. The summed E-state index contributed by atoms with van der Waals surface area (Å²) in [5.74, 6) is -0.328. The maximum absolute atomic E-state index is 10.8. The van der Waals surface area contributed by atoms with E-state index in [1.807, 2.05) is 0 Å². The standard InChI is InChI=1S/C13H26NO2/c1-5-7-8-9-10-14(3,4)11-12-16-13(15)6-2/h6H,2,5,7-12H2,1,3-4H3/q+1. The van der Waals surface area contributed by atoms with Crippen LogP contribution in [-0.4, -0.2) is 44.2 Å².